The molecule has 3 rings (SSSR count). The van der Waals surface area contributed by atoms with Crippen LogP contribution in [0.15, 0.2) is 36.5 Å². The van der Waals surface area contributed by atoms with Crippen LogP contribution in [0.25, 0.3) is 21.3 Å². The Kier molecular flexibility index (Phi) is 6.86. The minimum atomic E-state index is -4.66. The lowest BCUT2D eigenvalue weighted by molar-refractivity contribution is -0.122. The molecule has 0 unspecified atom stereocenters. The van der Waals surface area contributed by atoms with Crippen LogP contribution < -0.4 is 10.0 Å². The second-order valence-electron chi connectivity index (χ2n) is 6.44. The highest BCUT2D eigenvalue weighted by molar-refractivity contribution is 7.89. The molecule has 0 aliphatic rings. The van der Waals surface area contributed by atoms with E-state index in [1.807, 2.05) is 6.07 Å². The summed E-state index contributed by atoms with van der Waals surface area (Å²) in [6.07, 6.45) is -3.42. The van der Waals surface area contributed by atoms with Gasteiger partial charge in [0.2, 0.25) is 21.9 Å². The van der Waals surface area contributed by atoms with Gasteiger partial charge in [-0.15, -0.1) is 11.3 Å². The average molecular weight is 476 g/mol. The van der Waals surface area contributed by atoms with Crippen molar-refractivity contribution < 1.29 is 30.8 Å². The van der Waals surface area contributed by atoms with Crippen molar-refractivity contribution in [2.45, 2.75) is 12.6 Å². The number of nitrogens with zero attached hydrogens (tertiary/aromatic N) is 2. The summed E-state index contributed by atoms with van der Waals surface area (Å²) in [5.74, 6) is -1.79. The monoisotopic (exact) mass is 476 g/mol. The molecule has 2 heterocycles. The first-order valence-electron chi connectivity index (χ1n) is 8.83. The predicted molar refractivity (Wildman–Crippen MR) is 107 cm³/mol. The average Bonchev–Trinajstić information content (AvgIpc) is 3.07. The smallest absolute Gasteiger partial charge is 0.355 e. The summed E-state index contributed by atoms with van der Waals surface area (Å²) < 4.78 is 74.8. The normalized spacial score (nSPS) is 12.3. The van der Waals surface area contributed by atoms with Crippen molar-refractivity contribution in [3.05, 3.63) is 47.5 Å². The summed E-state index contributed by atoms with van der Waals surface area (Å²) in [6.45, 7) is -2.00. The molecule has 1 amide bonds. The van der Waals surface area contributed by atoms with Crippen molar-refractivity contribution in [2.24, 2.45) is 0 Å². The number of aromatic nitrogens is 2. The topological polar surface area (TPSA) is 101 Å². The van der Waals surface area contributed by atoms with Crippen LogP contribution in [0.4, 0.5) is 17.6 Å². The van der Waals surface area contributed by atoms with Crippen LogP contribution in [-0.2, 0) is 21.2 Å². The lowest BCUT2D eigenvalue weighted by atomic mass is 10.1. The number of benzene rings is 1. The van der Waals surface area contributed by atoms with Gasteiger partial charge in [-0.1, -0.05) is 6.07 Å². The van der Waals surface area contributed by atoms with Gasteiger partial charge < -0.3 is 5.32 Å². The maximum Gasteiger partial charge on any atom is 0.402 e. The molecule has 0 spiro atoms. The second kappa shape index (κ2) is 9.24. The summed E-state index contributed by atoms with van der Waals surface area (Å²) in [4.78, 5) is 19.9. The molecule has 1 aromatic carbocycles. The van der Waals surface area contributed by atoms with Gasteiger partial charge in [0.1, 0.15) is 11.6 Å². The summed E-state index contributed by atoms with van der Waals surface area (Å²) in [7, 11) is -4.17. The number of halogens is 4. The number of pyridine rings is 1. The Balaban J connectivity index is 1.57. The fraction of sp³-hybridized carbons (Fsp3) is 0.278. The van der Waals surface area contributed by atoms with Gasteiger partial charge >= 0.3 is 6.18 Å². The van der Waals surface area contributed by atoms with Gasteiger partial charge in [0, 0.05) is 18.8 Å². The molecular weight excluding hydrogens is 460 g/mol. The molecule has 0 atom stereocenters. The van der Waals surface area contributed by atoms with Gasteiger partial charge in [-0.05, 0) is 29.3 Å². The number of alkyl halides is 3. The molecule has 0 aliphatic heterocycles. The van der Waals surface area contributed by atoms with Crippen molar-refractivity contribution >= 4 is 37.5 Å². The van der Waals surface area contributed by atoms with Gasteiger partial charge in [-0.2, -0.15) is 17.6 Å². The molecule has 0 aliphatic carbocycles. The maximum atomic E-state index is 13.3. The molecule has 0 saturated carbocycles. The van der Waals surface area contributed by atoms with Crippen LogP contribution in [0.1, 0.15) is 5.01 Å². The van der Waals surface area contributed by atoms with E-state index in [0.717, 1.165) is 10.3 Å². The summed E-state index contributed by atoms with van der Waals surface area (Å²) in [5.41, 5.74) is 2.04. The lowest BCUT2D eigenvalue weighted by Gasteiger charge is -2.09. The molecule has 0 fully saturated rings. The van der Waals surface area contributed by atoms with Crippen LogP contribution in [0.3, 0.4) is 0 Å². The van der Waals surface area contributed by atoms with Crippen LogP contribution in [0, 0.1) is 5.95 Å². The number of sulfonamides is 1. The number of thiazole rings is 1. The van der Waals surface area contributed by atoms with Crippen LogP contribution in [0.2, 0.25) is 0 Å². The minimum Gasteiger partial charge on any atom is -0.355 e. The fourth-order valence-electron chi connectivity index (χ4n) is 2.60. The quantitative estimate of drug-likeness (QED) is 0.385. The van der Waals surface area contributed by atoms with Crippen molar-refractivity contribution in [1.82, 2.24) is 20.0 Å². The van der Waals surface area contributed by atoms with Crippen molar-refractivity contribution in [2.75, 3.05) is 18.8 Å². The molecule has 31 heavy (non-hydrogen) atoms. The van der Waals surface area contributed by atoms with E-state index >= 15 is 0 Å². The van der Waals surface area contributed by atoms with E-state index in [1.54, 1.807) is 18.2 Å². The molecule has 3 aromatic rings. The molecule has 7 nitrogen and oxygen atoms in total. The van der Waals surface area contributed by atoms with Gasteiger partial charge in [-0.3, -0.25) is 4.79 Å². The number of rotatable bonds is 8. The third kappa shape index (κ3) is 6.94. The number of carbonyl (C=O) groups is 1. The lowest BCUT2D eigenvalue weighted by Crippen LogP contribution is -2.39. The third-order valence-corrected chi connectivity index (χ3v) is 6.33. The Morgan fingerprint density at radius 3 is 2.58 bits per heavy atom. The molecule has 0 radical (unpaired) electrons. The number of fused-ring (bicyclic) bond motifs is 1. The zero-order chi connectivity index (χ0) is 22.6. The largest absolute Gasteiger partial charge is 0.402 e. The Hall–Kier alpha value is -2.64. The number of nitrogens with one attached hydrogen (secondary N) is 2. The summed E-state index contributed by atoms with van der Waals surface area (Å²) >= 11 is 1.25. The van der Waals surface area contributed by atoms with Gasteiger partial charge in [0.05, 0.1) is 22.4 Å². The highest BCUT2D eigenvalue weighted by atomic mass is 32.2. The van der Waals surface area contributed by atoms with E-state index in [9.17, 15) is 30.8 Å². The number of hydrogen-bond acceptors (Lipinski definition) is 6. The van der Waals surface area contributed by atoms with E-state index in [0.29, 0.717) is 16.1 Å². The van der Waals surface area contributed by atoms with Gasteiger partial charge in [-0.25, -0.2) is 23.1 Å². The van der Waals surface area contributed by atoms with Gasteiger partial charge in [0.15, 0.2) is 0 Å². The fourth-order valence-corrected chi connectivity index (χ4v) is 4.50. The maximum absolute atomic E-state index is 13.3. The molecule has 13 heteroatoms. The van der Waals surface area contributed by atoms with Crippen molar-refractivity contribution in [3.8, 4) is 11.1 Å². The van der Waals surface area contributed by atoms with E-state index < -0.39 is 40.4 Å². The molecule has 2 aromatic heterocycles. The Morgan fingerprint density at radius 1 is 1.13 bits per heavy atom. The van der Waals surface area contributed by atoms with E-state index in [-0.39, 0.29) is 13.0 Å². The summed E-state index contributed by atoms with van der Waals surface area (Å²) in [6, 6.07) is 8.27. The Bertz CT molecular complexity index is 1200. The molecule has 166 valence electrons. The molecule has 0 bridgehead atoms. The van der Waals surface area contributed by atoms with Crippen LogP contribution >= 0.6 is 11.3 Å². The predicted octanol–water partition coefficient (Wildman–Crippen LogP) is 2.64. The zero-order valence-corrected chi connectivity index (χ0v) is 17.4. The second-order valence-corrected chi connectivity index (χ2v) is 9.48. The first kappa shape index (κ1) is 23.0. The minimum absolute atomic E-state index is 0.116. The number of carbonyl (C=O) groups excluding carboxylic acids is 1. The van der Waals surface area contributed by atoms with E-state index in [2.05, 4.69) is 15.3 Å². The van der Waals surface area contributed by atoms with Crippen molar-refractivity contribution in [3.63, 3.8) is 0 Å². The van der Waals surface area contributed by atoms with E-state index in [1.165, 1.54) is 28.3 Å². The SMILES string of the molecule is O=C(Cc1nc2ccc(-c3ccnc(F)c3)cc2s1)NCCS(=O)(=O)NCC(F)(F)F. The van der Waals surface area contributed by atoms with Crippen LogP contribution in [0.5, 0.6) is 0 Å². The Morgan fingerprint density at radius 2 is 1.87 bits per heavy atom. The van der Waals surface area contributed by atoms with E-state index in [4.69, 9.17) is 0 Å². The molecule has 2 N–H and O–H groups in total. The highest BCUT2D eigenvalue weighted by Gasteiger charge is 2.29. The third-order valence-electron chi connectivity index (χ3n) is 3.99. The van der Waals surface area contributed by atoms with Crippen LogP contribution in [-0.4, -0.2) is 49.3 Å². The number of amides is 1. The zero-order valence-electron chi connectivity index (χ0n) is 15.7. The van der Waals surface area contributed by atoms with Crippen molar-refractivity contribution in [1.29, 1.82) is 0 Å². The molecule has 0 saturated heterocycles. The Labute approximate surface area is 178 Å². The van der Waals surface area contributed by atoms with Gasteiger partial charge in [0.25, 0.3) is 0 Å². The first-order chi connectivity index (χ1) is 14.5. The molecular formula is C18H16F4N4O3S2. The standard InChI is InChI=1S/C18H16F4N4O3S2/c19-15-8-12(3-4-23-15)11-1-2-13-14(7-11)30-17(26-13)9-16(27)24-5-6-31(28,29)25-10-18(20,21)22/h1-4,7-8,25H,5-6,9-10H2,(H,24,27). The summed E-state index contributed by atoms with van der Waals surface area (Å²) in [5, 5.41) is 2.83. The highest BCUT2D eigenvalue weighted by Crippen LogP contribution is 2.28. The first-order valence-corrected chi connectivity index (χ1v) is 11.3. The number of hydrogen-bond donors (Lipinski definition) is 2.